The Balaban J connectivity index is 1.71. The van der Waals surface area contributed by atoms with Crippen LogP contribution in [0.2, 0.25) is 0 Å². The summed E-state index contributed by atoms with van der Waals surface area (Å²) in [4.78, 5) is 12.4. The zero-order valence-electron chi connectivity index (χ0n) is 14.3. The fraction of sp³-hybridized carbons (Fsp3) is 0.611. The number of carbonyl (C=O) groups is 1. The van der Waals surface area contributed by atoms with Gasteiger partial charge in [0.05, 0.1) is 4.90 Å². The fourth-order valence-electron chi connectivity index (χ4n) is 3.81. The normalized spacial score (nSPS) is 22.8. The molecule has 1 atom stereocenters. The summed E-state index contributed by atoms with van der Waals surface area (Å²) in [6.45, 7) is 0.404. The van der Waals surface area contributed by atoms with Gasteiger partial charge in [0.1, 0.15) is 5.82 Å². The number of nitrogens with one attached hydrogen (secondary N) is 1. The average molecular weight is 368 g/mol. The molecule has 7 heteroatoms. The molecule has 1 N–H and O–H groups in total. The largest absolute Gasteiger partial charge is 0.353 e. The lowest BCUT2D eigenvalue weighted by Gasteiger charge is -2.34. The van der Waals surface area contributed by atoms with Crippen molar-refractivity contribution in [3.05, 3.63) is 30.1 Å². The first-order valence-electron chi connectivity index (χ1n) is 9.03. The minimum absolute atomic E-state index is 0.0712. The highest BCUT2D eigenvalue weighted by Crippen LogP contribution is 2.27. The second kappa shape index (κ2) is 7.83. The van der Waals surface area contributed by atoms with Crippen molar-refractivity contribution in [2.75, 3.05) is 6.54 Å². The Hall–Kier alpha value is -1.47. The second-order valence-corrected chi connectivity index (χ2v) is 8.86. The van der Waals surface area contributed by atoms with E-state index < -0.39 is 15.8 Å². The summed E-state index contributed by atoms with van der Waals surface area (Å²) in [7, 11) is -3.71. The van der Waals surface area contributed by atoms with Gasteiger partial charge in [-0.3, -0.25) is 4.79 Å². The number of nitrogens with zero attached hydrogens (tertiary/aromatic N) is 1. The van der Waals surface area contributed by atoms with Crippen LogP contribution in [0.25, 0.3) is 0 Å². The van der Waals surface area contributed by atoms with Gasteiger partial charge in [0.25, 0.3) is 0 Å². The molecule has 0 aromatic heterocycles. The third-order valence-electron chi connectivity index (χ3n) is 5.13. The summed E-state index contributed by atoms with van der Waals surface area (Å²) < 4.78 is 40.3. The summed E-state index contributed by atoms with van der Waals surface area (Å²) in [5.41, 5.74) is 0. The van der Waals surface area contributed by atoms with Crippen LogP contribution < -0.4 is 5.32 Å². The molecule has 3 rings (SSSR count). The average Bonchev–Trinajstić information content (AvgIpc) is 3.08. The van der Waals surface area contributed by atoms with E-state index in [1.54, 1.807) is 0 Å². The molecule has 5 nitrogen and oxygen atoms in total. The van der Waals surface area contributed by atoms with Crippen molar-refractivity contribution in [1.82, 2.24) is 9.62 Å². The predicted octanol–water partition coefficient (Wildman–Crippen LogP) is 2.82. The minimum atomic E-state index is -3.71. The number of hydrogen-bond donors (Lipinski definition) is 1. The molecule has 138 valence electrons. The van der Waals surface area contributed by atoms with E-state index in [1.807, 2.05) is 0 Å². The Labute approximate surface area is 148 Å². The molecule has 0 bridgehead atoms. The van der Waals surface area contributed by atoms with E-state index in [4.69, 9.17) is 0 Å². The van der Waals surface area contributed by atoms with Crippen molar-refractivity contribution in [3.63, 3.8) is 0 Å². The minimum Gasteiger partial charge on any atom is -0.353 e. The Morgan fingerprint density at radius 1 is 1.08 bits per heavy atom. The van der Waals surface area contributed by atoms with Crippen molar-refractivity contribution in [1.29, 1.82) is 0 Å². The number of amides is 1. The van der Waals surface area contributed by atoms with Crippen molar-refractivity contribution in [3.8, 4) is 0 Å². The van der Waals surface area contributed by atoms with Crippen LogP contribution in [0, 0.1) is 5.82 Å². The summed E-state index contributed by atoms with van der Waals surface area (Å²) in [6, 6.07) is 4.78. The van der Waals surface area contributed by atoms with Gasteiger partial charge < -0.3 is 5.32 Å². The third kappa shape index (κ3) is 4.39. The first-order valence-corrected chi connectivity index (χ1v) is 10.5. The number of halogens is 1. The zero-order valence-corrected chi connectivity index (χ0v) is 15.1. The van der Waals surface area contributed by atoms with Crippen LogP contribution in [0.4, 0.5) is 4.39 Å². The number of piperidine rings is 1. The van der Waals surface area contributed by atoms with E-state index in [1.165, 1.54) is 16.4 Å². The van der Waals surface area contributed by atoms with E-state index in [9.17, 15) is 17.6 Å². The van der Waals surface area contributed by atoms with E-state index >= 15 is 0 Å². The molecule has 1 saturated carbocycles. The first kappa shape index (κ1) is 18.3. The molecule has 1 aromatic rings. The second-order valence-electron chi connectivity index (χ2n) is 6.97. The molecule has 1 saturated heterocycles. The van der Waals surface area contributed by atoms with Gasteiger partial charge in [-0.15, -0.1) is 0 Å². The topological polar surface area (TPSA) is 66.5 Å². The molecule has 0 radical (unpaired) electrons. The molecular formula is C18H25FN2O3S. The maximum atomic E-state index is 13.1. The van der Waals surface area contributed by atoms with Gasteiger partial charge in [-0.05, 0) is 49.9 Å². The van der Waals surface area contributed by atoms with Crippen LogP contribution in [0.3, 0.4) is 0 Å². The highest BCUT2D eigenvalue weighted by atomic mass is 32.2. The Kier molecular flexibility index (Phi) is 5.74. The van der Waals surface area contributed by atoms with Gasteiger partial charge in [0.15, 0.2) is 0 Å². The predicted molar refractivity (Wildman–Crippen MR) is 92.9 cm³/mol. The van der Waals surface area contributed by atoms with Crippen LogP contribution in [0.5, 0.6) is 0 Å². The van der Waals surface area contributed by atoms with Gasteiger partial charge >= 0.3 is 0 Å². The Bertz CT molecular complexity index is 700. The summed E-state index contributed by atoms with van der Waals surface area (Å²) in [5, 5.41) is 3.04. The Morgan fingerprint density at radius 3 is 2.40 bits per heavy atom. The van der Waals surface area contributed by atoms with Gasteiger partial charge in [-0.2, -0.15) is 4.31 Å². The summed E-state index contributed by atoms with van der Waals surface area (Å²) in [6.07, 6.45) is 6.86. The molecule has 25 heavy (non-hydrogen) atoms. The van der Waals surface area contributed by atoms with Crippen molar-refractivity contribution in [2.24, 2.45) is 0 Å². The molecular weight excluding hydrogens is 343 g/mol. The van der Waals surface area contributed by atoms with E-state index in [2.05, 4.69) is 5.32 Å². The molecule has 1 aliphatic carbocycles. The molecule has 0 spiro atoms. The number of carbonyl (C=O) groups excluding carboxylic acids is 1. The van der Waals surface area contributed by atoms with Crippen molar-refractivity contribution >= 4 is 15.9 Å². The van der Waals surface area contributed by atoms with Gasteiger partial charge in [0.2, 0.25) is 15.9 Å². The van der Waals surface area contributed by atoms with Crippen LogP contribution in [0.1, 0.15) is 51.4 Å². The zero-order chi connectivity index (χ0) is 17.9. The maximum Gasteiger partial charge on any atom is 0.243 e. The first-order chi connectivity index (χ1) is 12.0. The van der Waals surface area contributed by atoms with Crippen LogP contribution in [-0.4, -0.2) is 37.3 Å². The Morgan fingerprint density at radius 2 is 1.72 bits per heavy atom. The van der Waals surface area contributed by atoms with Crippen molar-refractivity contribution < 1.29 is 17.6 Å². The van der Waals surface area contributed by atoms with E-state index in [0.29, 0.717) is 13.0 Å². The number of sulfonamides is 1. The highest BCUT2D eigenvalue weighted by molar-refractivity contribution is 7.89. The summed E-state index contributed by atoms with van der Waals surface area (Å²) in [5.74, 6) is -0.539. The fourth-order valence-corrected chi connectivity index (χ4v) is 5.50. The molecule has 2 aliphatic rings. The standard InChI is InChI=1S/C18H25FN2O3S/c19-14-8-10-17(11-9-14)25(23,24)21-12-4-3-7-16(21)13-18(22)20-15-5-1-2-6-15/h8-11,15-16H,1-7,12-13H2,(H,20,22)/t16-/m1/s1. The monoisotopic (exact) mass is 368 g/mol. The van der Waals surface area contributed by atoms with E-state index in [0.717, 1.165) is 50.7 Å². The quantitative estimate of drug-likeness (QED) is 0.869. The van der Waals surface area contributed by atoms with Crippen molar-refractivity contribution in [2.45, 2.75) is 68.3 Å². The number of rotatable bonds is 5. The number of hydrogen-bond acceptors (Lipinski definition) is 3. The highest BCUT2D eigenvalue weighted by Gasteiger charge is 2.35. The van der Waals surface area contributed by atoms with Gasteiger partial charge in [0, 0.05) is 25.0 Å². The lowest BCUT2D eigenvalue weighted by Crippen LogP contribution is -2.46. The molecule has 1 heterocycles. The van der Waals surface area contributed by atoms with Crippen LogP contribution in [0.15, 0.2) is 29.2 Å². The SMILES string of the molecule is O=C(C[C@H]1CCCCN1S(=O)(=O)c1ccc(F)cc1)NC1CCCC1. The molecule has 1 aromatic carbocycles. The lowest BCUT2D eigenvalue weighted by molar-refractivity contribution is -0.122. The number of benzene rings is 1. The molecule has 1 aliphatic heterocycles. The third-order valence-corrected chi connectivity index (χ3v) is 7.10. The molecule has 1 amide bonds. The lowest BCUT2D eigenvalue weighted by atomic mass is 10.0. The summed E-state index contributed by atoms with van der Waals surface area (Å²) >= 11 is 0. The van der Waals surface area contributed by atoms with Gasteiger partial charge in [-0.1, -0.05) is 19.3 Å². The van der Waals surface area contributed by atoms with Gasteiger partial charge in [-0.25, -0.2) is 12.8 Å². The van der Waals surface area contributed by atoms with Crippen LogP contribution in [-0.2, 0) is 14.8 Å². The molecule has 2 fully saturated rings. The van der Waals surface area contributed by atoms with E-state index in [-0.39, 0.29) is 29.3 Å². The molecule has 0 unspecified atom stereocenters. The maximum absolute atomic E-state index is 13.1. The van der Waals surface area contributed by atoms with Crippen LogP contribution >= 0.6 is 0 Å². The smallest absolute Gasteiger partial charge is 0.243 e.